The van der Waals surface area contributed by atoms with Crippen molar-refractivity contribution in [3.05, 3.63) is 35.5 Å². The van der Waals surface area contributed by atoms with Crippen molar-refractivity contribution in [1.29, 1.82) is 0 Å². The van der Waals surface area contributed by atoms with Gasteiger partial charge in [0, 0.05) is 6.54 Å². The fraction of sp³-hybridized carbons (Fsp3) is 0.550. The molecule has 1 aromatic rings. The topological polar surface area (TPSA) is 50.8 Å². The van der Waals surface area contributed by atoms with E-state index in [0.717, 1.165) is 36.4 Å². The molecule has 138 valence electrons. The number of para-hydroxylation sites is 1. The number of carbonyl (C=O) groups is 1. The Morgan fingerprint density at radius 3 is 2.68 bits per heavy atom. The molecular weight excluding hydrogens is 316 g/mol. The Morgan fingerprint density at radius 2 is 2.04 bits per heavy atom. The largest absolute Gasteiger partial charge is 0.496 e. The van der Waals surface area contributed by atoms with E-state index in [1.807, 2.05) is 29.2 Å². The maximum absolute atomic E-state index is 12.4. The number of benzene rings is 1. The van der Waals surface area contributed by atoms with Crippen LogP contribution < -0.4 is 10.1 Å². The van der Waals surface area contributed by atoms with Gasteiger partial charge in [0.1, 0.15) is 5.75 Å². The predicted octanol–water partition coefficient (Wildman–Crippen LogP) is 4.25. The fourth-order valence-electron chi connectivity index (χ4n) is 3.26. The normalized spacial score (nSPS) is 17.3. The molecule has 1 heterocycles. The number of carbonyl (C=O) groups excluding carboxylic acids is 1. The minimum atomic E-state index is -0.0469. The van der Waals surface area contributed by atoms with Gasteiger partial charge in [0.15, 0.2) is 5.76 Å². The Hall–Kier alpha value is -2.17. The summed E-state index contributed by atoms with van der Waals surface area (Å²) in [7, 11) is 3.29. The van der Waals surface area contributed by atoms with Crippen LogP contribution in [0.25, 0.3) is 5.76 Å². The van der Waals surface area contributed by atoms with Crippen molar-refractivity contribution < 1.29 is 14.3 Å². The SMILES string of the molecule is CCCCC(CC)CN1C(=O)NCC1=C(OC)c1ccccc1OC. The first-order valence-corrected chi connectivity index (χ1v) is 9.12. The van der Waals surface area contributed by atoms with Gasteiger partial charge in [-0.15, -0.1) is 0 Å². The van der Waals surface area contributed by atoms with Crippen LogP contribution in [0.2, 0.25) is 0 Å². The predicted molar refractivity (Wildman–Crippen MR) is 100 cm³/mol. The molecule has 1 N–H and O–H groups in total. The maximum Gasteiger partial charge on any atom is 0.322 e. The lowest BCUT2D eigenvalue weighted by Gasteiger charge is -2.25. The summed E-state index contributed by atoms with van der Waals surface area (Å²) in [5.74, 6) is 1.93. The zero-order valence-corrected chi connectivity index (χ0v) is 15.8. The van der Waals surface area contributed by atoms with Gasteiger partial charge in [0.25, 0.3) is 0 Å². The molecule has 25 heavy (non-hydrogen) atoms. The lowest BCUT2D eigenvalue weighted by atomic mass is 9.98. The van der Waals surface area contributed by atoms with Crippen molar-refractivity contribution in [3.8, 4) is 5.75 Å². The monoisotopic (exact) mass is 346 g/mol. The summed E-state index contributed by atoms with van der Waals surface area (Å²) in [6.07, 6.45) is 4.57. The first kappa shape index (κ1) is 19.2. The van der Waals surface area contributed by atoms with Gasteiger partial charge in [-0.25, -0.2) is 4.79 Å². The highest BCUT2D eigenvalue weighted by atomic mass is 16.5. The van der Waals surface area contributed by atoms with E-state index in [1.165, 1.54) is 12.8 Å². The molecule has 0 aromatic heterocycles. The van der Waals surface area contributed by atoms with Crippen LogP contribution in [0.3, 0.4) is 0 Å². The highest BCUT2D eigenvalue weighted by molar-refractivity contribution is 5.84. The van der Waals surface area contributed by atoms with Crippen molar-refractivity contribution in [2.45, 2.75) is 39.5 Å². The van der Waals surface area contributed by atoms with Crippen molar-refractivity contribution in [1.82, 2.24) is 10.2 Å². The van der Waals surface area contributed by atoms with E-state index in [0.29, 0.717) is 18.2 Å². The average Bonchev–Trinajstić information content (AvgIpc) is 3.00. The number of methoxy groups -OCH3 is 2. The number of hydrogen-bond donors (Lipinski definition) is 1. The zero-order chi connectivity index (χ0) is 18.2. The molecule has 0 radical (unpaired) electrons. The van der Waals surface area contributed by atoms with Gasteiger partial charge in [-0.2, -0.15) is 0 Å². The molecular formula is C20H30N2O3. The molecule has 2 amide bonds. The molecule has 0 spiro atoms. The summed E-state index contributed by atoms with van der Waals surface area (Å²) in [4.78, 5) is 14.3. The Balaban J connectivity index is 2.35. The third kappa shape index (κ3) is 4.47. The number of rotatable bonds is 9. The van der Waals surface area contributed by atoms with Crippen molar-refractivity contribution in [2.24, 2.45) is 5.92 Å². The summed E-state index contributed by atoms with van der Waals surface area (Å²) in [6.45, 7) is 5.59. The molecule has 1 fully saturated rings. The van der Waals surface area contributed by atoms with Crippen molar-refractivity contribution in [2.75, 3.05) is 27.3 Å². The second-order valence-corrected chi connectivity index (χ2v) is 6.37. The Bertz CT molecular complexity index is 613. The molecule has 1 aliphatic heterocycles. The van der Waals surface area contributed by atoms with Gasteiger partial charge >= 0.3 is 6.03 Å². The standard InChI is InChI=1S/C20H30N2O3/c1-5-7-10-15(6-2)14-22-17(13-21-20(22)23)19(25-4)16-11-8-9-12-18(16)24-3/h8-9,11-12,15H,5-7,10,13-14H2,1-4H3,(H,21,23). The first-order valence-electron chi connectivity index (χ1n) is 9.12. The molecule has 5 heteroatoms. The molecule has 2 rings (SSSR count). The quantitative estimate of drug-likeness (QED) is 0.680. The first-order chi connectivity index (χ1) is 12.2. The molecule has 0 aliphatic carbocycles. The van der Waals surface area contributed by atoms with Gasteiger partial charge in [0.05, 0.1) is 32.0 Å². The van der Waals surface area contributed by atoms with Crippen LogP contribution in [0.15, 0.2) is 30.0 Å². The number of ether oxygens (including phenoxy) is 2. The van der Waals surface area contributed by atoms with Crippen LogP contribution in [0.5, 0.6) is 5.75 Å². The van der Waals surface area contributed by atoms with Gasteiger partial charge in [-0.05, 0) is 24.5 Å². The average molecular weight is 346 g/mol. The summed E-state index contributed by atoms with van der Waals surface area (Å²) in [5, 5.41) is 2.94. The lowest BCUT2D eigenvalue weighted by Crippen LogP contribution is -2.32. The van der Waals surface area contributed by atoms with Gasteiger partial charge in [0.2, 0.25) is 0 Å². The smallest absolute Gasteiger partial charge is 0.322 e. The van der Waals surface area contributed by atoms with Crippen LogP contribution in [-0.2, 0) is 4.74 Å². The number of unbranched alkanes of at least 4 members (excludes halogenated alkanes) is 1. The maximum atomic E-state index is 12.4. The molecule has 0 bridgehead atoms. The number of nitrogens with zero attached hydrogens (tertiary/aromatic N) is 1. The molecule has 1 aliphatic rings. The van der Waals surface area contributed by atoms with E-state index in [9.17, 15) is 4.79 Å². The molecule has 0 saturated carbocycles. The van der Waals surface area contributed by atoms with Gasteiger partial charge in [-0.3, -0.25) is 4.90 Å². The Kier molecular flexibility index (Phi) is 7.16. The summed E-state index contributed by atoms with van der Waals surface area (Å²) < 4.78 is 11.2. The Morgan fingerprint density at radius 1 is 1.28 bits per heavy atom. The Labute approximate surface area is 151 Å². The van der Waals surface area contributed by atoms with Crippen LogP contribution in [0.1, 0.15) is 45.1 Å². The number of urea groups is 1. The fourth-order valence-corrected chi connectivity index (χ4v) is 3.26. The van der Waals surface area contributed by atoms with Crippen molar-refractivity contribution in [3.63, 3.8) is 0 Å². The van der Waals surface area contributed by atoms with E-state index in [2.05, 4.69) is 19.2 Å². The van der Waals surface area contributed by atoms with E-state index in [4.69, 9.17) is 9.47 Å². The van der Waals surface area contributed by atoms with E-state index < -0.39 is 0 Å². The van der Waals surface area contributed by atoms with Crippen LogP contribution in [0.4, 0.5) is 4.79 Å². The molecule has 5 nitrogen and oxygen atoms in total. The zero-order valence-electron chi connectivity index (χ0n) is 15.8. The third-order valence-corrected chi connectivity index (χ3v) is 4.78. The van der Waals surface area contributed by atoms with Crippen LogP contribution >= 0.6 is 0 Å². The second kappa shape index (κ2) is 9.35. The summed E-state index contributed by atoms with van der Waals surface area (Å²) in [6, 6.07) is 7.68. The van der Waals surface area contributed by atoms with Gasteiger partial charge < -0.3 is 14.8 Å². The highest BCUT2D eigenvalue weighted by Crippen LogP contribution is 2.32. The number of hydrogen-bond acceptors (Lipinski definition) is 3. The van der Waals surface area contributed by atoms with E-state index in [-0.39, 0.29) is 6.03 Å². The molecule has 1 saturated heterocycles. The van der Waals surface area contributed by atoms with Crippen LogP contribution in [-0.4, -0.2) is 38.2 Å². The summed E-state index contributed by atoms with van der Waals surface area (Å²) in [5.41, 5.74) is 1.75. The minimum Gasteiger partial charge on any atom is -0.496 e. The lowest BCUT2D eigenvalue weighted by molar-refractivity contribution is 0.212. The number of amides is 2. The molecule has 1 aromatic carbocycles. The number of nitrogens with one attached hydrogen (secondary N) is 1. The van der Waals surface area contributed by atoms with E-state index in [1.54, 1.807) is 14.2 Å². The summed E-state index contributed by atoms with van der Waals surface area (Å²) >= 11 is 0. The third-order valence-electron chi connectivity index (χ3n) is 4.78. The molecule has 1 unspecified atom stereocenters. The van der Waals surface area contributed by atoms with Gasteiger partial charge in [-0.1, -0.05) is 45.2 Å². The molecule has 1 atom stereocenters. The second-order valence-electron chi connectivity index (χ2n) is 6.37. The van der Waals surface area contributed by atoms with E-state index >= 15 is 0 Å². The van der Waals surface area contributed by atoms with Crippen molar-refractivity contribution >= 4 is 11.8 Å². The highest BCUT2D eigenvalue weighted by Gasteiger charge is 2.31. The van der Waals surface area contributed by atoms with Crippen LogP contribution in [0, 0.1) is 5.92 Å². The minimum absolute atomic E-state index is 0.0469.